The van der Waals surface area contributed by atoms with E-state index in [1.165, 1.54) is 5.56 Å². The van der Waals surface area contributed by atoms with Gasteiger partial charge in [0, 0.05) is 5.69 Å². The highest BCUT2D eigenvalue weighted by atomic mass is 16.5. The van der Waals surface area contributed by atoms with Crippen LogP contribution in [-0.4, -0.2) is 12.5 Å². The van der Waals surface area contributed by atoms with Gasteiger partial charge in [0.1, 0.15) is 5.75 Å². The van der Waals surface area contributed by atoms with Crippen LogP contribution in [0.25, 0.3) is 0 Å². The van der Waals surface area contributed by atoms with Gasteiger partial charge in [-0.1, -0.05) is 44.2 Å². The fourth-order valence-corrected chi connectivity index (χ4v) is 1.99. The van der Waals surface area contributed by atoms with Crippen LogP contribution in [0.3, 0.4) is 0 Å². The van der Waals surface area contributed by atoms with Crippen LogP contribution < -0.4 is 10.1 Å². The van der Waals surface area contributed by atoms with Crippen LogP contribution in [-0.2, 0) is 4.79 Å². The number of benzene rings is 2. The maximum absolute atomic E-state index is 11.8. The lowest BCUT2D eigenvalue weighted by molar-refractivity contribution is -0.118. The number of nitrogens with one attached hydrogen (secondary N) is 1. The van der Waals surface area contributed by atoms with Gasteiger partial charge in [-0.05, 0) is 42.2 Å². The summed E-state index contributed by atoms with van der Waals surface area (Å²) in [6, 6.07) is 17.3. The maximum Gasteiger partial charge on any atom is 0.262 e. The lowest BCUT2D eigenvalue weighted by Crippen LogP contribution is -2.20. The molecule has 0 aromatic heterocycles. The predicted octanol–water partition coefficient (Wildman–Crippen LogP) is 4.22. The van der Waals surface area contributed by atoms with Crippen LogP contribution in [0.2, 0.25) is 0 Å². The molecule has 1 atom stereocenters. The SMILES string of the molecule is CC[C@H](C)c1ccc(NC(=O)COc2ccccc2)cc1. The molecule has 0 spiro atoms. The molecule has 110 valence electrons. The summed E-state index contributed by atoms with van der Waals surface area (Å²) in [7, 11) is 0. The van der Waals surface area contributed by atoms with Crippen LogP contribution in [0.4, 0.5) is 5.69 Å². The lowest BCUT2D eigenvalue weighted by atomic mass is 9.99. The summed E-state index contributed by atoms with van der Waals surface area (Å²) in [4.78, 5) is 11.8. The van der Waals surface area contributed by atoms with Gasteiger partial charge in [-0.2, -0.15) is 0 Å². The van der Waals surface area contributed by atoms with Crippen molar-refractivity contribution in [3.63, 3.8) is 0 Å². The molecular weight excluding hydrogens is 262 g/mol. The third kappa shape index (κ3) is 4.63. The molecule has 3 nitrogen and oxygen atoms in total. The molecule has 21 heavy (non-hydrogen) atoms. The van der Waals surface area contributed by atoms with Gasteiger partial charge in [0.05, 0.1) is 0 Å². The van der Waals surface area contributed by atoms with Crippen molar-refractivity contribution in [1.82, 2.24) is 0 Å². The first-order valence-electron chi connectivity index (χ1n) is 7.26. The second-order valence-corrected chi connectivity index (χ2v) is 5.08. The molecule has 0 aliphatic heterocycles. The monoisotopic (exact) mass is 283 g/mol. The molecule has 0 saturated heterocycles. The third-order valence-corrected chi connectivity index (χ3v) is 3.49. The molecule has 1 amide bonds. The highest BCUT2D eigenvalue weighted by Crippen LogP contribution is 2.20. The summed E-state index contributed by atoms with van der Waals surface area (Å²) in [5.74, 6) is 1.08. The average molecular weight is 283 g/mol. The van der Waals surface area contributed by atoms with Crippen molar-refractivity contribution >= 4 is 11.6 Å². The molecule has 3 heteroatoms. The first kappa shape index (κ1) is 15.1. The van der Waals surface area contributed by atoms with Gasteiger partial charge in [0.15, 0.2) is 6.61 Å². The molecule has 0 bridgehead atoms. The first-order valence-corrected chi connectivity index (χ1v) is 7.26. The minimum absolute atomic E-state index is 0.0110. The van der Waals surface area contributed by atoms with E-state index in [-0.39, 0.29) is 12.5 Å². The molecule has 0 saturated carbocycles. The highest BCUT2D eigenvalue weighted by Gasteiger charge is 2.05. The van der Waals surface area contributed by atoms with Crippen molar-refractivity contribution in [3.05, 3.63) is 60.2 Å². The van der Waals surface area contributed by atoms with E-state index in [1.807, 2.05) is 42.5 Å². The Bertz CT molecular complexity index is 564. The number of ether oxygens (including phenoxy) is 1. The normalized spacial score (nSPS) is 11.7. The Morgan fingerprint density at radius 1 is 1.10 bits per heavy atom. The summed E-state index contributed by atoms with van der Waals surface area (Å²) in [6.45, 7) is 4.37. The van der Waals surface area contributed by atoms with Crippen LogP contribution in [0, 0.1) is 0 Å². The molecule has 1 N–H and O–H groups in total. The Kier molecular flexibility index (Phi) is 5.38. The van der Waals surface area contributed by atoms with E-state index in [0.29, 0.717) is 11.7 Å². The highest BCUT2D eigenvalue weighted by molar-refractivity contribution is 5.91. The Hall–Kier alpha value is -2.29. The molecule has 0 aliphatic carbocycles. The van der Waals surface area contributed by atoms with Gasteiger partial charge in [-0.15, -0.1) is 0 Å². The molecule has 0 fully saturated rings. The topological polar surface area (TPSA) is 38.3 Å². The van der Waals surface area contributed by atoms with E-state index in [2.05, 4.69) is 31.3 Å². The number of hydrogen-bond acceptors (Lipinski definition) is 2. The van der Waals surface area contributed by atoms with Gasteiger partial charge in [-0.25, -0.2) is 0 Å². The number of carbonyl (C=O) groups excluding carboxylic acids is 1. The molecular formula is C18H21NO2. The largest absolute Gasteiger partial charge is 0.484 e. The number of rotatable bonds is 6. The maximum atomic E-state index is 11.8. The molecule has 0 unspecified atom stereocenters. The summed E-state index contributed by atoms with van der Waals surface area (Å²) in [5, 5.41) is 2.83. The Morgan fingerprint density at radius 2 is 1.76 bits per heavy atom. The molecule has 2 aromatic rings. The second-order valence-electron chi connectivity index (χ2n) is 5.08. The van der Waals surface area contributed by atoms with Gasteiger partial charge in [0.25, 0.3) is 5.91 Å². The predicted molar refractivity (Wildman–Crippen MR) is 85.7 cm³/mol. The Labute approximate surface area is 126 Å². The third-order valence-electron chi connectivity index (χ3n) is 3.49. The van der Waals surface area contributed by atoms with Crippen LogP contribution in [0.5, 0.6) is 5.75 Å². The number of carbonyl (C=O) groups is 1. The molecule has 2 aromatic carbocycles. The lowest BCUT2D eigenvalue weighted by Gasteiger charge is -2.11. The standard InChI is InChI=1S/C18H21NO2/c1-3-14(2)15-9-11-16(12-10-15)19-18(20)13-21-17-7-5-4-6-8-17/h4-12,14H,3,13H2,1-2H3,(H,19,20)/t14-/m0/s1. The van der Waals surface area contributed by atoms with Crippen molar-refractivity contribution in [1.29, 1.82) is 0 Å². The zero-order valence-electron chi connectivity index (χ0n) is 12.5. The van der Waals surface area contributed by atoms with Crippen molar-refractivity contribution in [2.24, 2.45) is 0 Å². The number of anilines is 1. The van der Waals surface area contributed by atoms with Gasteiger partial charge in [-0.3, -0.25) is 4.79 Å². The van der Waals surface area contributed by atoms with E-state index in [4.69, 9.17) is 4.74 Å². The fourth-order valence-electron chi connectivity index (χ4n) is 1.99. The van der Waals surface area contributed by atoms with E-state index in [9.17, 15) is 4.79 Å². The summed E-state index contributed by atoms with van der Waals surface area (Å²) in [6.07, 6.45) is 1.11. The second kappa shape index (κ2) is 7.48. The van der Waals surface area contributed by atoms with Crippen molar-refractivity contribution in [3.8, 4) is 5.75 Å². The number of hydrogen-bond donors (Lipinski definition) is 1. The summed E-state index contributed by atoms with van der Waals surface area (Å²) >= 11 is 0. The van der Waals surface area contributed by atoms with Gasteiger partial charge in [0.2, 0.25) is 0 Å². The Morgan fingerprint density at radius 3 is 2.38 bits per heavy atom. The fraction of sp³-hybridized carbons (Fsp3) is 0.278. The molecule has 0 heterocycles. The molecule has 2 rings (SSSR count). The first-order chi connectivity index (χ1) is 10.2. The molecule has 0 aliphatic rings. The smallest absolute Gasteiger partial charge is 0.262 e. The number of amides is 1. The van der Waals surface area contributed by atoms with Crippen LogP contribution >= 0.6 is 0 Å². The van der Waals surface area contributed by atoms with Crippen molar-refractivity contribution in [2.75, 3.05) is 11.9 Å². The average Bonchev–Trinajstić information content (AvgIpc) is 2.54. The number of para-hydroxylation sites is 1. The van der Waals surface area contributed by atoms with Crippen molar-refractivity contribution < 1.29 is 9.53 Å². The van der Waals surface area contributed by atoms with Crippen LogP contribution in [0.15, 0.2) is 54.6 Å². The molecule has 0 radical (unpaired) electrons. The van der Waals surface area contributed by atoms with E-state index >= 15 is 0 Å². The van der Waals surface area contributed by atoms with Gasteiger partial charge < -0.3 is 10.1 Å². The van der Waals surface area contributed by atoms with Crippen LogP contribution in [0.1, 0.15) is 31.7 Å². The quantitative estimate of drug-likeness (QED) is 0.862. The zero-order valence-corrected chi connectivity index (χ0v) is 12.5. The minimum Gasteiger partial charge on any atom is -0.484 e. The van der Waals surface area contributed by atoms with E-state index in [1.54, 1.807) is 0 Å². The Balaban J connectivity index is 1.85. The summed E-state index contributed by atoms with van der Waals surface area (Å²) < 4.78 is 5.41. The zero-order chi connectivity index (χ0) is 15.1. The summed E-state index contributed by atoms with van der Waals surface area (Å²) in [5.41, 5.74) is 2.08. The van der Waals surface area contributed by atoms with Gasteiger partial charge >= 0.3 is 0 Å². The minimum atomic E-state index is -0.157. The van der Waals surface area contributed by atoms with E-state index in [0.717, 1.165) is 12.1 Å². The van der Waals surface area contributed by atoms with E-state index < -0.39 is 0 Å². The van der Waals surface area contributed by atoms with Crippen molar-refractivity contribution in [2.45, 2.75) is 26.2 Å².